The molecule has 0 atom stereocenters. The number of rotatable bonds is 6. The maximum absolute atomic E-state index is 6.16. The van der Waals surface area contributed by atoms with Gasteiger partial charge in [0, 0.05) is 25.8 Å². The minimum absolute atomic E-state index is 0.256. The van der Waals surface area contributed by atoms with E-state index < -0.39 is 0 Å². The van der Waals surface area contributed by atoms with Crippen LogP contribution >= 0.6 is 23.4 Å². The Morgan fingerprint density at radius 1 is 1.22 bits per heavy atom. The van der Waals surface area contributed by atoms with Crippen LogP contribution in [0.15, 0.2) is 23.4 Å². The highest BCUT2D eigenvalue weighted by Gasteiger charge is 2.12. The summed E-state index contributed by atoms with van der Waals surface area (Å²) in [6, 6.07) is 5.77. The van der Waals surface area contributed by atoms with Gasteiger partial charge >= 0.3 is 0 Å². The van der Waals surface area contributed by atoms with Crippen molar-refractivity contribution in [2.24, 2.45) is 0 Å². The smallest absolute Gasteiger partial charge is 0.229 e. The molecule has 0 aliphatic heterocycles. The van der Waals surface area contributed by atoms with Crippen LogP contribution in [0.2, 0.25) is 5.02 Å². The highest BCUT2D eigenvalue weighted by molar-refractivity contribution is 7.98. The summed E-state index contributed by atoms with van der Waals surface area (Å²) in [7, 11) is 5.46. The molecule has 23 heavy (non-hydrogen) atoms. The van der Waals surface area contributed by atoms with E-state index in [0.717, 1.165) is 22.3 Å². The number of hydrogen-bond acceptors (Lipinski definition) is 6. The molecule has 0 unspecified atom stereocenters. The van der Waals surface area contributed by atoms with Crippen LogP contribution < -0.4 is 9.64 Å². The van der Waals surface area contributed by atoms with Gasteiger partial charge in [0.1, 0.15) is 11.6 Å². The molecule has 0 aliphatic rings. The van der Waals surface area contributed by atoms with Gasteiger partial charge < -0.3 is 9.64 Å². The number of nitrogens with zero attached hydrogens (tertiary/aromatic N) is 4. The second-order valence-corrected chi connectivity index (χ2v) is 6.93. The molecule has 0 fully saturated rings. The van der Waals surface area contributed by atoms with Crippen LogP contribution in [0.4, 0.5) is 5.95 Å². The summed E-state index contributed by atoms with van der Waals surface area (Å²) in [6.45, 7) is 4.15. The summed E-state index contributed by atoms with van der Waals surface area (Å²) >= 11 is 7.73. The lowest BCUT2D eigenvalue weighted by Gasteiger charge is -2.14. The van der Waals surface area contributed by atoms with Gasteiger partial charge in [-0.3, -0.25) is 0 Å². The van der Waals surface area contributed by atoms with Crippen LogP contribution in [0.3, 0.4) is 0 Å². The van der Waals surface area contributed by atoms with Crippen LogP contribution in [-0.2, 0) is 5.75 Å². The summed E-state index contributed by atoms with van der Waals surface area (Å²) < 4.78 is 5.17. The monoisotopic (exact) mass is 352 g/mol. The molecule has 0 amide bonds. The Morgan fingerprint density at radius 2 is 1.96 bits per heavy atom. The van der Waals surface area contributed by atoms with Gasteiger partial charge in [0.05, 0.1) is 12.1 Å². The minimum Gasteiger partial charge on any atom is -0.495 e. The van der Waals surface area contributed by atoms with Gasteiger partial charge in [-0.25, -0.2) is 4.98 Å². The van der Waals surface area contributed by atoms with E-state index in [4.69, 9.17) is 16.3 Å². The number of halogens is 1. The number of benzene rings is 1. The fourth-order valence-corrected chi connectivity index (χ4v) is 2.89. The van der Waals surface area contributed by atoms with Crippen LogP contribution in [-0.4, -0.2) is 36.2 Å². The second kappa shape index (κ2) is 7.84. The van der Waals surface area contributed by atoms with Crippen molar-refractivity contribution in [2.75, 3.05) is 26.1 Å². The molecular formula is C16H21ClN4OS. The van der Waals surface area contributed by atoms with Crippen molar-refractivity contribution < 1.29 is 4.74 Å². The summed E-state index contributed by atoms with van der Waals surface area (Å²) in [5.74, 6) is 3.15. The molecule has 0 saturated carbocycles. The zero-order chi connectivity index (χ0) is 17.0. The van der Waals surface area contributed by atoms with Crippen molar-refractivity contribution in [3.63, 3.8) is 0 Å². The predicted octanol–water partition coefficient (Wildman–Crippen LogP) is 4.02. The molecule has 0 N–H and O–H groups in total. The fraction of sp³-hybridized carbons (Fsp3) is 0.438. The first kappa shape index (κ1) is 17.8. The molecule has 7 heteroatoms. The minimum atomic E-state index is 0.256. The first-order chi connectivity index (χ1) is 10.9. The highest BCUT2D eigenvalue weighted by Crippen LogP contribution is 2.28. The van der Waals surface area contributed by atoms with Crippen molar-refractivity contribution in [3.05, 3.63) is 34.6 Å². The lowest BCUT2D eigenvalue weighted by Crippen LogP contribution is -2.15. The topological polar surface area (TPSA) is 51.1 Å². The summed E-state index contributed by atoms with van der Waals surface area (Å²) in [6.07, 6.45) is 0. The van der Waals surface area contributed by atoms with Crippen molar-refractivity contribution in [3.8, 4) is 5.75 Å². The quantitative estimate of drug-likeness (QED) is 0.732. The normalized spacial score (nSPS) is 10.9. The van der Waals surface area contributed by atoms with Crippen LogP contribution in [0.1, 0.15) is 31.2 Å². The molecule has 1 heterocycles. The van der Waals surface area contributed by atoms with Gasteiger partial charge in [-0.05, 0) is 17.7 Å². The van der Waals surface area contributed by atoms with Gasteiger partial charge in [0.2, 0.25) is 5.95 Å². The molecule has 0 spiro atoms. The standard InChI is InChI=1S/C16H21ClN4OS/c1-10(2)14-18-15(21(3)4)20-16(19-14)23-9-11-6-7-13(22-5)12(17)8-11/h6-8,10H,9H2,1-5H3. The SMILES string of the molecule is COc1ccc(CSc2nc(C(C)C)nc(N(C)C)n2)cc1Cl. The number of ether oxygens (including phenoxy) is 1. The maximum Gasteiger partial charge on any atom is 0.229 e. The zero-order valence-corrected chi connectivity index (χ0v) is 15.6. The van der Waals surface area contributed by atoms with E-state index in [1.165, 1.54) is 0 Å². The van der Waals surface area contributed by atoms with Crippen LogP contribution in [0, 0.1) is 0 Å². The molecule has 2 aromatic rings. The first-order valence-electron chi connectivity index (χ1n) is 7.29. The van der Waals surface area contributed by atoms with Gasteiger partial charge in [-0.1, -0.05) is 43.3 Å². The highest BCUT2D eigenvalue weighted by atomic mass is 35.5. The van der Waals surface area contributed by atoms with Gasteiger partial charge in [0.25, 0.3) is 0 Å². The van der Waals surface area contributed by atoms with Crippen LogP contribution in [0.25, 0.3) is 0 Å². The largest absolute Gasteiger partial charge is 0.495 e. The van der Waals surface area contributed by atoms with Crippen molar-refractivity contribution in [1.82, 2.24) is 15.0 Å². The van der Waals surface area contributed by atoms with Crippen molar-refractivity contribution >= 4 is 29.3 Å². The average molecular weight is 353 g/mol. The molecule has 1 aromatic carbocycles. The Hall–Kier alpha value is -1.53. The van der Waals surface area contributed by atoms with Gasteiger partial charge in [-0.2, -0.15) is 9.97 Å². The molecule has 124 valence electrons. The van der Waals surface area contributed by atoms with Crippen molar-refractivity contribution in [1.29, 1.82) is 0 Å². The lowest BCUT2D eigenvalue weighted by molar-refractivity contribution is 0.415. The summed E-state index contributed by atoms with van der Waals surface area (Å²) in [4.78, 5) is 15.4. The average Bonchev–Trinajstić information content (AvgIpc) is 2.52. The third-order valence-corrected chi connectivity index (χ3v) is 4.33. The van der Waals surface area contributed by atoms with Crippen LogP contribution in [0.5, 0.6) is 5.75 Å². The van der Waals surface area contributed by atoms with E-state index in [2.05, 4.69) is 28.8 Å². The molecule has 5 nitrogen and oxygen atoms in total. The Labute approximate surface area is 146 Å². The molecule has 0 bridgehead atoms. The molecule has 0 aliphatic carbocycles. The summed E-state index contributed by atoms with van der Waals surface area (Å²) in [5.41, 5.74) is 1.10. The predicted molar refractivity (Wildman–Crippen MR) is 95.8 cm³/mol. The van der Waals surface area contributed by atoms with E-state index >= 15 is 0 Å². The number of hydrogen-bond donors (Lipinski definition) is 0. The maximum atomic E-state index is 6.16. The number of anilines is 1. The third kappa shape index (κ3) is 4.72. The Kier molecular flexibility index (Phi) is 6.07. The number of methoxy groups -OCH3 is 1. The van der Waals surface area contributed by atoms with E-state index in [-0.39, 0.29) is 5.92 Å². The Balaban J connectivity index is 2.17. The fourth-order valence-electron chi connectivity index (χ4n) is 1.83. The van der Waals surface area contributed by atoms with Crippen molar-refractivity contribution in [2.45, 2.75) is 30.7 Å². The second-order valence-electron chi connectivity index (χ2n) is 5.58. The zero-order valence-electron chi connectivity index (χ0n) is 14.0. The van der Waals surface area contributed by atoms with E-state index in [1.54, 1.807) is 18.9 Å². The molecule has 0 saturated heterocycles. The lowest BCUT2D eigenvalue weighted by atomic mass is 10.2. The Bertz CT molecular complexity index is 653. The molecule has 1 aromatic heterocycles. The van der Waals surface area contributed by atoms with E-state index in [0.29, 0.717) is 16.7 Å². The van der Waals surface area contributed by atoms with Gasteiger partial charge in [0.15, 0.2) is 5.16 Å². The number of aromatic nitrogens is 3. The molecule has 2 rings (SSSR count). The summed E-state index contributed by atoms with van der Waals surface area (Å²) in [5, 5.41) is 1.33. The Morgan fingerprint density at radius 3 is 2.52 bits per heavy atom. The molecule has 0 radical (unpaired) electrons. The van der Waals surface area contributed by atoms with E-state index in [1.807, 2.05) is 37.2 Å². The molecular weight excluding hydrogens is 332 g/mol. The first-order valence-corrected chi connectivity index (χ1v) is 8.65. The number of thioether (sulfide) groups is 1. The van der Waals surface area contributed by atoms with E-state index in [9.17, 15) is 0 Å². The third-order valence-electron chi connectivity index (χ3n) is 3.12. The van der Waals surface area contributed by atoms with Gasteiger partial charge in [-0.15, -0.1) is 0 Å².